The monoisotopic (exact) mass is 458 g/mol. The van der Waals surface area contributed by atoms with Crippen LogP contribution in [0.25, 0.3) is 11.1 Å². The molecule has 2 aliphatic rings. The van der Waals surface area contributed by atoms with Crippen LogP contribution in [-0.4, -0.2) is 6.17 Å². The van der Waals surface area contributed by atoms with Crippen LogP contribution in [0.15, 0.2) is 103 Å². The predicted molar refractivity (Wildman–Crippen MR) is 149 cm³/mol. The normalized spacial score (nSPS) is 19.7. The molecule has 2 atom stereocenters. The van der Waals surface area contributed by atoms with E-state index in [1.54, 1.807) is 0 Å². The Labute approximate surface area is 209 Å². The van der Waals surface area contributed by atoms with Gasteiger partial charge in [-0.25, -0.2) is 0 Å². The molecule has 0 amide bonds. The topological polar surface area (TPSA) is 6.48 Å². The third-order valence-electron chi connectivity index (χ3n) is 8.65. The molecule has 0 bridgehead atoms. The standard InChI is InChI=1S/C33H34N2/c1-4-26-32-34(28-20-12-10-18-25(28)24-16-8-7-9-17-24)30-22-14-15-23-31(30)35(32)29-21-13-11-19-27(29)33(26,5-2)6-3/h7-23,26,32H,4-6H2,1-3H3. The maximum Gasteiger partial charge on any atom is 0.115 e. The minimum Gasteiger partial charge on any atom is -0.318 e. The van der Waals surface area contributed by atoms with Gasteiger partial charge in [-0.3, -0.25) is 0 Å². The number of anilines is 4. The molecule has 6 rings (SSSR count). The van der Waals surface area contributed by atoms with E-state index in [0.717, 1.165) is 19.3 Å². The Morgan fingerprint density at radius 2 is 1.09 bits per heavy atom. The Hall–Kier alpha value is -3.52. The van der Waals surface area contributed by atoms with Crippen LogP contribution in [-0.2, 0) is 5.41 Å². The average molecular weight is 459 g/mol. The van der Waals surface area contributed by atoms with E-state index in [2.05, 4.69) is 134 Å². The van der Waals surface area contributed by atoms with E-state index >= 15 is 0 Å². The Balaban J connectivity index is 1.65. The van der Waals surface area contributed by atoms with Gasteiger partial charge < -0.3 is 9.80 Å². The molecule has 2 heteroatoms. The van der Waals surface area contributed by atoms with Crippen LogP contribution >= 0.6 is 0 Å². The van der Waals surface area contributed by atoms with Crippen LogP contribution in [0.2, 0.25) is 0 Å². The summed E-state index contributed by atoms with van der Waals surface area (Å²) in [7, 11) is 0. The van der Waals surface area contributed by atoms with Gasteiger partial charge in [-0.1, -0.05) is 99.6 Å². The summed E-state index contributed by atoms with van der Waals surface area (Å²) in [5.74, 6) is 0.489. The second-order valence-corrected chi connectivity index (χ2v) is 9.92. The molecule has 2 heterocycles. The number of nitrogens with zero attached hydrogens (tertiary/aromatic N) is 2. The lowest BCUT2D eigenvalue weighted by atomic mass is 9.61. The second kappa shape index (κ2) is 8.61. The zero-order valence-corrected chi connectivity index (χ0v) is 21.0. The number of fused-ring (bicyclic) bond motifs is 5. The van der Waals surface area contributed by atoms with Crippen molar-refractivity contribution >= 4 is 22.7 Å². The summed E-state index contributed by atoms with van der Waals surface area (Å²) in [6.45, 7) is 7.17. The van der Waals surface area contributed by atoms with Crippen LogP contribution in [0.4, 0.5) is 22.7 Å². The molecule has 0 aliphatic carbocycles. The van der Waals surface area contributed by atoms with Crippen molar-refractivity contribution in [1.82, 2.24) is 0 Å². The van der Waals surface area contributed by atoms with Crippen molar-refractivity contribution < 1.29 is 0 Å². The summed E-state index contributed by atoms with van der Waals surface area (Å²) in [4.78, 5) is 5.30. The van der Waals surface area contributed by atoms with Gasteiger partial charge in [0.1, 0.15) is 6.17 Å². The molecule has 2 unspecified atom stereocenters. The molecule has 0 N–H and O–H groups in total. The molecular formula is C33H34N2. The highest BCUT2D eigenvalue weighted by atomic mass is 15.4. The molecule has 4 aromatic rings. The Morgan fingerprint density at radius 1 is 0.571 bits per heavy atom. The van der Waals surface area contributed by atoms with E-state index < -0.39 is 0 Å². The summed E-state index contributed by atoms with van der Waals surface area (Å²) in [5.41, 5.74) is 9.49. The highest BCUT2D eigenvalue weighted by Crippen LogP contribution is 2.60. The molecule has 0 fully saturated rings. The van der Waals surface area contributed by atoms with Crippen molar-refractivity contribution in [3.05, 3.63) is 109 Å². The van der Waals surface area contributed by atoms with Crippen LogP contribution in [0.1, 0.15) is 45.6 Å². The maximum atomic E-state index is 2.65. The van der Waals surface area contributed by atoms with E-state index in [1.165, 1.54) is 39.4 Å². The second-order valence-electron chi connectivity index (χ2n) is 9.92. The summed E-state index contributed by atoms with van der Waals surface area (Å²) in [5, 5.41) is 0. The van der Waals surface area contributed by atoms with Gasteiger partial charge >= 0.3 is 0 Å². The highest BCUT2D eigenvalue weighted by molar-refractivity contribution is 5.94. The van der Waals surface area contributed by atoms with Gasteiger partial charge in [0, 0.05) is 22.6 Å². The van der Waals surface area contributed by atoms with Gasteiger partial charge in [-0.15, -0.1) is 0 Å². The van der Waals surface area contributed by atoms with E-state index in [4.69, 9.17) is 0 Å². The van der Waals surface area contributed by atoms with Crippen LogP contribution in [0, 0.1) is 5.92 Å². The summed E-state index contributed by atoms with van der Waals surface area (Å²) < 4.78 is 0. The fourth-order valence-electron chi connectivity index (χ4n) is 7.07. The molecule has 0 saturated carbocycles. The molecule has 2 aliphatic heterocycles. The van der Waals surface area contributed by atoms with Gasteiger partial charge in [0.25, 0.3) is 0 Å². The smallest absolute Gasteiger partial charge is 0.115 e. The lowest BCUT2D eigenvalue weighted by Gasteiger charge is -2.53. The summed E-state index contributed by atoms with van der Waals surface area (Å²) in [6, 6.07) is 38.0. The molecule has 35 heavy (non-hydrogen) atoms. The molecule has 2 nitrogen and oxygen atoms in total. The zero-order chi connectivity index (χ0) is 24.0. The van der Waals surface area contributed by atoms with E-state index in [1.807, 2.05) is 0 Å². The summed E-state index contributed by atoms with van der Waals surface area (Å²) >= 11 is 0. The molecule has 0 radical (unpaired) electrons. The molecule has 0 aromatic heterocycles. The fourth-order valence-corrected chi connectivity index (χ4v) is 7.07. The minimum atomic E-state index is 0.147. The van der Waals surface area contributed by atoms with Gasteiger partial charge in [0.2, 0.25) is 0 Å². The zero-order valence-electron chi connectivity index (χ0n) is 21.0. The van der Waals surface area contributed by atoms with Crippen molar-refractivity contribution in [3.63, 3.8) is 0 Å². The van der Waals surface area contributed by atoms with E-state index in [-0.39, 0.29) is 11.6 Å². The molecule has 176 valence electrons. The SMILES string of the molecule is CCC1C2N(c3ccccc3-c3ccccc3)c3ccccc3N2c2ccccc2C1(CC)CC. The lowest BCUT2D eigenvalue weighted by molar-refractivity contribution is 0.194. The number of para-hydroxylation sites is 4. The number of rotatable bonds is 5. The molecule has 0 spiro atoms. The van der Waals surface area contributed by atoms with Gasteiger partial charge in [0.15, 0.2) is 0 Å². The first-order valence-corrected chi connectivity index (χ1v) is 13.2. The Bertz CT molecular complexity index is 1340. The van der Waals surface area contributed by atoms with Gasteiger partial charge in [0.05, 0.1) is 17.1 Å². The summed E-state index contributed by atoms with van der Waals surface area (Å²) in [6.07, 6.45) is 3.66. The number of hydrogen-bond donors (Lipinski definition) is 0. The third-order valence-corrected chi connectivity index (χ3v) is 8.65. The van der Waals surface area contributed by atoms with Crippen molar-refractivity contribution in [1.29, 1.82) is 0 Å². The van der Waals surface area contributed by atoms with Crippen molar-refractivity contribution in [2.24, 2.45) is 5.92 Å². The van der Waals surface area contributed by atoms with Crippen LogP contribution in [0.3, 0.4) is 0 Å². The average Bonchev–Trinajstić information content (AvgIpc) is 3.27. The number of hydrogen-bond acceptors (Lipinski definition) is 2. The predicted octanol–water partition coefficient (Wildman–Crippen LogP) is 9.07. The van der Waals surface area contributed by atoms with Gasteiger partial charge in [-0.2, -0.15) is 0 Å². The van der Waals surface area contributed by atoms with Crippen LogP contribution < -0.4 is 9.80 Å². The fraction of sp³-hybridized carbons (Fsp3) is 0.273. The first-order valence-electron chi connectivity index (χ1n) is 13.2. The highest BCUT2D eigenvalue weighted by Gasteiger charge is 2.54. The first kappa shape index (κ1) is 22.0. The molecule has 0 saturated heterocycles. The van der Waals surface area contributed by atoms with Crippen molar-refractivity contribution in [2.75, 3.05) is 9.80 Å². The van der Waals surface area contributed by atoms with Gasteiger partial charge in [-0.05, 0) is 54.7 Å². The van der Waals surface area contributed by atoms with Crippen molar-refractivity contribution in [2.45, 2.75) is 51.6 Å². The lowest BCUT2D eigenvalue weighted by Crippen LogP contribution is -2.56. The maximum absolute atomic E-state index is 2.65. The minimum absolute atomic E-state index is 0.147. The quantitative estimate of drug-likeness (QED) is 0.294. The van der Waals surface area contributed by atoms with Crippen LogP contribution in [0.5, 0.6) is 0 Å². The first-order chi connectivity index (χ1) is 17.2. The largest absolute Gasteiger partial charge is 0.318 e. The molecule has 4 aromatic carbocycles. The third kappa shape index (κ3) is 3.09. The molecular weight excluding hydrogens is 424 g/mol. The Morgan fingerprint density at radius 3 is 1.71 bits per heavy atom. The number of benzene rings is 4. The Kier molecular flexibility index (Phi) is 5.40. The van der Waals surface area contributed by atoms with Crippen molar-refractivity contribution in [3.8, 4) is 11.1 Å². The van der Waals surface area contributed by atoms with E-state index in [9.17, 15) is 0 Å². The van der Waals surface area contributed by atoms with E-state index in [0.29, 0.717) is 5.92 Å².